The second-order valence-electron chi connectivity index (χ2n) is 8.47. The lowest BCUT2D eigenvalue weighted by molar-refractivity contribution is 0.441. The van der Waals surface area contributed by atoms with Gasteiger partial charge in [0.2, 0.25) is 0 Å². The van der Waals surface area contributed by atoms with Gasteiger partial charge in [-0.15, -0.1) is 0 Å². The van der Waals surface area contributed by atoms with E-state index in [4.69, 9.17) is 4.42 Å². The fraction of sp³-hybridized carbons (Fsp3) is 0.192. The minimum Gasteiger partial charge on any atom is -0.422 e. The van der Waals surface area contributed by atoms with Gasteiger partial charge >= 0.3 is 5.63 Å². The molecule has 4 aromatic rings. The molecule has 0 aliphatic carbocycles. The van der Waals surface area contributed by atoms with E-state index in [9.17, 15) is 13.2 Å². The highest BCUT2D eigenvalue weighted by Crippen LogP contribution is 2.31. The van der Waals surface area contributed by atoms with Gasteiger partial charge in [-0.1, -0.05) is 47.5 Å². The van der Waals surface area contributed by atoms with Crippen molar-refractivity contribution in [3.8, 4) is 11.1 Å². The van der Waals surface area contributed by atoms with Crippen LogP contribution in [0, 0.1) is 13.8 Å². The number of aryl methyl sites for hydroxylation is 2. The highest BCUT2D eigenvalue weighted by atomic mass is 32.2. The third kappa shape index (κ3) is 3.94. The number of rotatable bonds is 5. The second-order valence-corrected chi connectivity index (χ2v) is 10.3. The van der Waals surface area contributed by atoms with Crippen molar-refractivity contribution < 1.29 is 12.8 Å². The molecule has 1 aliphatic rings. The van der Waals surface area contributed by atoms with E-state index in [0.29, 0.717) is 35.3 Å². The zero-order valence-corrected chi connectivity index (χ0v) is 19.2. The van der Waals surface area contributed by atoms with Crippen LogP contribution in [0.15, 0.2) is 86.9 Å². The molecule has 7 heteroatoms. The van der Waals surface area contributed by atoms with Gasteiger partial charge in [-0.3, -0.25) is 4.31 Å². The van der Waals surface area contributed by atoms with Crippen molar-refractivity contribution in [3.63, 3.8) is 0 Å². The average Bonchev–Trinajstić information content (AvgIpc) is 2.75. The number of sulfonamides is 1. The van der Waals surface area contributed by atoms with E-state index in [1.165, 1.54) is 4.31 Å². The van der Waals surface area contributed by atoms with Crippen LogP contribution >= 0.6 is 0 Å². The van der Waals surface area contributed by atoms with Crippen molar-refractivity contribution in [3.05, 3.63) is 94.3 Å². The predicted molar refractivity (Wildman–Crippen MR) is 130 cm³/mol. The van der Waals surface area contributed by atoms with Gasteiger partial charge in [-0.05, 0) is 55.8 Å². The number of fused-ring (bicyclic) bond motifs is 1. The summed E-state index contributed by atoms with van der Waals surface area (Å²) in [5.41, 5.74) is 3.78. The van der Waals surface area contributed by atoms with Gasteiger partial charge in [-0.25, -0.2) is 13.2 Å². The van der Waals surface area contributed by atoms with Crippen LogP contribution in [0.5, 0.6) is 0 Å². The summed E-state index contributed by atoms with van der Waals surface area (Å²) in [7, 11) is -3.77. The molecule has 1 aromatic heterocycles. The Morgan fingerprint density at radius 1 is 0.909 bits per heavy atom. The van der Waals surface area contributed by atoms with Crippen molar-refractivity contribution in [1.82, 2.24) is 5.32 Å². The lowest BCUT2D eigenvalue weighted by atomic mass is 10.0. The van der Waals surface area contributed by atoms with Crippen molar-refractivity contribution in [2.45, 2.75) is 24.8 Å². The Balaban J connectivity index is 1.64. The third-order valence-corrected chi connectivity index (χ3v) is 7.86. The molecule has 168 valence electrons. The Hall–Kier alpha value is -3.42. The molecule has 6 nitrogen and oxygen atoms in total. The Morgan fingerprint density at radius 2 is 1.67 bits per heavy atom. The first kappa shape index (κ1) is 21.4. The Morgan fingerprint density at radius 3 is 2.33 bits per heavy atom. The van der Waals surface area contributed by atoms with E-state index in [1.54, 1.807) is 48.5 Å². The van der Waals surface area contributed by atoms with Crippen molar-refractivity contribution in [2.75, 3.05) is 17.4 Å². The van der Waals surface area contributed by atoms with E-state index >= 15 is 0 Å². The molecular weight excluding hydrogens is 436 g/mol. The molecular formula is C26H24N2O4S. The monoisotopic (exact) mass is 460 g/mol. The summed E-state index contributed by atoms with van der Waals surface area (Å²) in [6.07, 6.45) is 0. The normalized spacial score (nSPS) is 14.2. The molecule has 1 saturated heterocycles. The lowest BCUT2D eigenvalue weighted by Gasteiger charge is -2.38. The topological polar surface area (TPSA) is 79.6 Å². The molecule has 1 aliphatic heterocycles. The van der Waals surface area contributed by atoms with Gasteiger partial charge in [0.1, 0.15) is 5.58 Å². The zero-order chi connectivity index (χ0) is 23.2. The Kier molecular flexibility index (Phi) is 5.31. The summed E-state index contributed by atoms with van der Waals surface area (Å²) in [5, 5.41) is 3.83. The molecule has 0 bridgehead atoms. The number of hydrogen-bond donors (Lipinski definition) is 1. The predicted octanol–water partition coefficient (Wildman–Crippen LogP) is 4.24. The van der Waals surface area contributed by atoms with Gasteiger partial charge in [0.15, 0.2) is 0 Å². The number of nitrogens with zero attached hydrogens (tertiary/aromatic N) is 1. The fourth-order valence-electron chi connectivity index (χ4n) is 4.07. The first-order valence-corrected chi connectivity index (χ1v) is 12.2. The van der Waals surface area contributed by atoms with Crippen LogP contribution in [-0.2, 0) is 10.0 Å². The largest absolute Gasteiger partial charge is 0.422 e. The smallest absolute Gasteiger partial charge is 0.344 e. The minimum atomic E-state index is -3.77. The summed E-state index contributed by atoms with van der Waals surface area (Å²) < 4.78 is 34.3. The van der Waals surface area contributed by atoms with Crippen LogP contribution in [0.3, 0.4) is 0 Å². The maximum atomic E-state index is 13.6. The maximum Gasteiger partial charge on any atom is 0.344 e. The van der Waals surface area contributed by atoms with Crippen LogP contribution in [0.1, 0.15) is 11.1 Å². The van der Waals surface area contributed by atoms with E-state index in [1.807, 2.05) is 38.1 Å². The number of hydrogen-bond acceptors (Lipinski definition) is 5. The Bertz CT molecular complexity index is 1500. The summed E-state index contributed by atoms with van der Waals surface area (Å²) in [6, 6.07) is 21.2. The van der Waals surface area contributed by atoms with Crippen LogP contribution in [-0.4, -0.2) is 27.5 Å². The van der Waals surface area contributed by atoms with Gasteiger partial charge in [0, 0.05) is 18.5 Å². The molecule has 33 heavy (non-hydrogen) atoms. The second kappa shape index (κ2) is 8.17. The molecule has 0 atom stereocenters. The first-order chi connectivity index (χ1) is 15.8. The summed E-state index contributed by atoms with van der Waals surface area (Å²) in [4.78, 5) is 12.9. The average molecular weight is 461 g/mol. The standard InChI is InChI=1S/C26H24N2O4S/c1-17-6-9-23(10-7-17)33(30,31)28(22-15-27-16-22)21-8-11-25-20(13-21)14-24(26(29)32-25)19-5-3-4-18(2)12-19/h3-14,22,27H,15-16H2,1-2H3. The van der Waals surface area contributed by atoms with Gasteiger partial charge in [0.25, 0.3) is 10.0 Å². The molecule has 2 heterocycles. The minimum absolute atomic E-state index is 0.194. The summed E-state index contributed by atoms with van der Waals surface area (Å²) in [5.74, 6) is 0. The van der Waals surface area contributed by atoms with Crippen LogP contribution < -0.4 is 15.2 Å². The van der Waals surface area contributed by atoms with Gasteiger partial charge in [0.05, 0.1) is 22.2 Å². The molecule has 0 spiro atoms. The summed E-state index contributed by atoms with van der Waals surface area (Å²) in [6.45, 7) is 5.03. The van der Waals surface area contributed by atoms with E-state index in [2.05, 4.69) is 5.32 Å². The zero-order valence-electron chi connectivity index (χ0n) is 18.4. The number of nitrogens with one attached hydrogen (secondary N) is 1. The Labute approximate surface area is 192 Å². The molecule has 1 fully saturated rings. The van der Waals surface area contributed by atoms with E-state index in [0.717, 1.165) is 16.7 Å². The summed E-state index contributed by atoms with van der Waals surface area (Å²) >= 11 is 0. The lowest BCUT2D eigenvalue weighted by Crippen LogP contribution is -2.59. The first-order valence-electron chi connectivity index (χ1n) is 10.8. The molecule has 1 N–H and O–H groups in total. The van der Waals surface area contributed by atoms with Gasteiger partial charge in [-0.2, -0.15) is 0 Å². The molecule has 0 amide bonds. The molecule has 0 unspecified atom stereocenters. The van der Waals surface area contributed by atoms with Crippen molar-refractivity contribution in [1.29, 1.82) is 0 Å². The quantitative estimate of drug-likeness (QED) is 0.451. The maximum absolute atomic E-state index is 13.6. The van der Waals surface area contributed by atoms with Crippen molar-refractivity contribution >= 4 is 26.7 Å². The molecule has 0 radical (unpaired) electrons. The van der Waals surface area contributed by atoms with E-state index in [-0.39, 0.29) is 10.9 Å². The molecule has 0 saturated carbocycles. The highest BCUT2D eigenvalue weighted by Gasteiger charge is 2.35. The highest BCUT2D eigenvalue weighted by molar-refractivity contribution is 7.92. The molecule has 5 rings (SSSR count). The molecule has 3 aromatic carbocycles. The van der Waals surface area contributed by atoms with Crippen LogP contribution in [0.25, 0.3) is 22.1 Å². The van der Waals surface area contributed by atoms with Crippen LogP contribution in [0.4, 0.5) is 5.69 Å². The van der Waals surface area contributed by atoms with Crippen molar-refractivity contribution in [2.24, 2.45) is 0 Å². The van der Waals surface area contributed by atoms with Gasteiger partial charge < -0.3 is 9.73 Å². The third-order valence-electron chi connectivity index (χ3n) is 5.97. The fourth-order valence-corrected chi connectivity index (χ4v) is 5.71. The number of anilines is 1. The number of benzene rings is 3. The van der Waals surface area contributed by atoms with E-state index < -0.39 is 15.6 Å². The SMILES string of the molecule is Cc1ccc(S(=O)(=O)N(c2ccc3oc(=O)c(-c4cccc(C)c4)cc3c2)C2CNC2)cc1. The van der Waals surface area contributed by atoms with Crippen LogP contribution in [0.2, 0.25) is 0 Å².